The van der Waals surface area contributed by atoms with Gasteiger partial charge in [-0.3, -0.25) is 0 Å². The van der Waals surface area contributed by atoms with Gasteiger partial charge in [0.25, 0.3) is 0 Å². The fourth-order valence-corrected chi connectivity index (χ4v) is 4.19. The third kappa shape index (κ3) is 4.59. The molecule has 0 atom stereocenters. The molecule has 0 bridgehead atoms. The zero-order valence-electron chi connectivity index (χ0n) is 19.5. The third-order valence-corrected chi connectivity index (χ3v) is 6.33. The fraction of sp³-hybridized carbons (Fsp3) is 0.560. The zero-order valence-corrected chi connectivity index (χ0v) is 19.5. The van der Waals surface area contributed by atoms with Crippen molar-refractivity contribution in [2.75, 3.05) is 13.7 Å². The van der Waals surface area contributed by atoms with Crippen LogP contribution < -0.4 is 10.1 Å². The number of ether oxygens (including phenoxy) is 1. The summed E-state index contributed by atoms with van der Waals surface area (Å²) in [6, 6.07) is 4.89. The number of aromatic nitrogens is 4. The van der Waals surface area contributed by atoms with Gasteiger partial charge in [0.15, 0.2) is 5.65 Å². The molecule has 0 amide bonds. The van der Waals surface area contributed by atoms with Gasteiger partial charge in [-0.1, -0.05) is 20.3 Å². The molecule has 1 aliphatic rings. The first-order chi connectivity index (χ1) is 15.0. The van der Waals surface area contributed by atoms with E-state index in [0.717, 1.165) is 64.9 Å². The Morgan fingerprint density at radius 1 is 1.13 bits per heavy atom. The van der Waals surface area contributed by atoms with Crippen LogP contribution in [-0.4, -0.2) is 39.2 Å². The SMILES string of the molecule is COc1nc(C(C)C)ccc1-c1nc2c(C)cn(CCCCNC3CCC3)c2nc1C. The second-order valence-electron chi connectivity index (χ2n) is 9.07. The maximum absolute atomic E-state index is 5.61. The molecular weight excluding hydrogens is 386 g/mol. The van der Waals surface area contributed by atoms with E-state index in [-0.39, 0.29) is 0 Å². The number of nitrogens with zero attached hydrogens (tertiary/aromatic N) is 4. The second-order valence-corrected chi connectivity index (χ2v) is 9.07. The van der Waals surface area contributed by atoms with Crippen molar-refractivity contribution in [3.63, 3.8) is 0 Å². The lowest BCUT2D eigenvalue weighted by molar-refractivity contribution is 0.336. The lowest BCUT2D eigenvalue weighted by Crippen LogP contribution is -2.35. The van der Waals surface area contributed by atoms with Crippen LogP contribution in [0.1, 0.15) is 68.8 Å². The van der Waals surface area contributed by atoms with Crippen molar-refractivity contribution in [3.8, 4) is 17.1 Å². The standard InChI is InChI=1S/C25H35N5O/c1-16(2)21-12-11-20(25(28-21)31-5)23-18(4)27-24-22(29-23)17(3)15-30(24)14-7-6-13-26-19-9-8-10-19/h11-12,15-16,19,26H,6-10,13-14H2,1-5H3. The molecule has 3 aromatic rings. The Hall–Kier alpha value is -2.47. The van der Waals surface area contributed by atoms with Crippen LogP contribution in [0.2, 0.25) is 0 Å². The molecule has 6 nitrogen and oxygen atoms in total. The minimum atomic E-state index is 0.345. The van der Waals surface area contributed by atoms with Gasteiger partial charge in [-0.25, -0.2) is 15.0 Å². The lowest BCUT2D eigenvalue weighted by atomic mass is 9.93. The molecule has 0 radical (unpaired) electrons. The Balaban J connectivity index is 1.55. The van der Waals surface area contributed by atoms with Crippen LogP contribution in [0.5, 0.6) is 5.88 Å². The van der Waals surface area contributed by atoms with Gasteiger partial charge in [-0.05, 0) is 69.7 Å². The molecule has 1 fully saturated rings. The molecule has 1 saturated carbocycles. The first-order valence-corrected chi connectivity index (χ1v) is 11.6. The zero-order chi connectivity index (χ0) is 22.0. The van der Waals surface area contributed by atoms with Gasteiger partial charge in [0, 0.05) is 24.5 Å². The number of aryl methyl sites for hydroxylation is 3. The molecule has 6 heteroatoms. The van der Waals surface area contributed by atoms with E-state index >= 15 is 0 Å². The van der Waals surface area contributed by atoms with Crippen molar-refractivity contribution in [3.05, 3.63) is 35.3 Å². The van der Waals surface area contributed by atoms with Crippen molar-refractivity contribution >= 4 is 11.2 Å². The lowest BCUT2D eigenvalue weighted by Gasteiger charge is -2.26. The molecule has 0 spiro atoms. The molecule has 0 aliphatic heterocycles. The van der Waals surface area contributed by atoms with Crippen molar-refractivity contribution in [1.82, 2.24) is 24.8 Å². The fourth-order valence-electron chi connectivity index (χ4n) is 4.19. The number of methoxy groups -OCH3 is 1. The summed E-state index contributed by atoms with van der Waals surface area (Å²) in [6.07, 6.45) is 8.59. The number of unbranched alkanes of at least 4 members (excludes halogenated alkanes) is 1. The highest BCUT2D eigenvalue weighted by Crippen LogP contribution is 2.32. The Morgan fingerprint density at radius 2 is 1.94 bits per heavy atom. The van der Waals surface area contributed by atoms with E-state index in [9.17, 15) is 0 Å². The molecule has 0 unspecified atom stereocenters. The number of nitrogens with one attached hydrogen (secondary N) is 1. The molecule has 0 aromatic carbocycles. The number of hydrogen-bond donors (Lipinski definition) is 1. The van der Waals surface area contributed by atoms with Crippen LogP contribution in [-0.2, 0) is 6.54 Å². The molecule has 4 rings (SSSR count). The van der Waals surface area contributed by atoms with Gasteiger partial charge < -0.3 is 14.6 Å². The Bertz CT molecular complexity index is 1050. The Labute approximate surface area is 185 Å². The van der Waals surface area contributed by atoms with Crippen LogP contribution in [0.3, 0.4) is 0 Å². The second kappa shape index (κ2) is 9.35. The normalized spacial score (nSPS) is 14.4. The molecule has 3 heterocycles. The highest BCUT2D eigenvalue weighted by Gasteiger charge is 2.18. The van der Waals surface area contributed by atoms with E-state index in [4.69, 9.17) is 19.7 Å². The van der Waals surface area contributed by atoms with Crippen molar-refractivity contribution in [2.45, 2.75) is 78.3 Å². The van der Waals surface area contributed by atoms with Crippen molar-refractivity contribution in [2.24, 2.45) is 0 Å². The average molecular weight is 422 g/mol. The summed E-state index contributed by atoms with van der Waals surface area (Å²) < 4.78 is 7.87. The minimum Gasteiger partial charge on any atom is -0.480 e. The van der Waals surface area contributed by atoms with Gasteiger partial charge in [0.2, 0.25) is 5.88 Å². The Morgan fingerprint density at radius 3 is 2.61 bits per heavy atom. The summed E-state index contributed by atoms with van der Waals surface area (Å²) in [5.41, 5.74) is 6.74. The topological polar surface area (TPSA) is 64.9 Å². The summed E-state index contributed by atoms with van der Waals surface area (Å²) >= 11 is 0. The monoisotopic (exact) mass is 421 g/mol. The van der Waals surface area contributed by atoms with E-state index < -0.39 is 0 Å². The summed E-state index contributed by atoms with van der Waals surface area (Å²) in [4.78, 5) is 14.7. The number of pyridine rings is 1. The van der Waals surface area contributed by atoms with Crippen molar-refractivity contribution < 1.29 is 4.74 Å². The average Bonchev–Trinajstić information content (AvgIpc) is 3.02. The maximum Gasteiger partial charge on any atom is 0.222 e. The van der Waals surface area contributed by atoms with E-state index in [0.29, 0.717) is 11.8 Å². The number of hydrogen-bond acceptors (Lipinski definition) is 5. The number of rotatable bonds is 9. The highest BCUT2D eigenvalue weighted by molar-refractivity contribution is 5.80. The summed E-state index contributed by atoms with van der Waals surface area (Å²) in [6.45, 7) is 10.5. The van der Waals surface area contributed by atoms with Crippen LogP contribution in [0.4, 0.5) is 0 Å². The minimum absolute atomic E-state index is 0.345. The summed E-state index contributed by atoms with van der Waals surface area (Å²) in [5, 5.41) is 3.65. The van der Waals surface area contributed by atoms with Gasteiger partial charge in [-0.2, -0.15) is 0 Å². The largest absolute Gasteiger partial charge is 0.480 e. The molecule has 166 valence electrons. The van der Waals surface area contributed by atoms with E-state index in [1.807, 2.05) is 6.92 Å². The third-order valence-electron chi connectivity index (χ3n) is 6.33. The molecule has 1 aliphatic carbocycles. The van der Waals surface area contributed by atoms with Gasteiger partial charge in [0.1, 0.15) is 5.52 Å². The van der Waals surface area contributed by atoms with Crippen molar-refractivity contribution in [1.29, 1.82) is 0 Å². The predicted octanol–water partition coefficient (Wildman–Crippen LogP) is 5.16. The van der Waals surface area contributed by atoms with Gasteiger partial charge >= 0.3 is 0 Å². The molecule has 0 saturated heterocycles. The molecular formula is C25H35N5O. The van der Waals surface area contributed by atoms with E-state index in [2.05, 4.69) is 49.0 Å². The predicted molar refractivity (Wildman–Crippen MR) is 126 cm³/mol. The highest BCUT2D eigenvalue weighted by atomic mass is 16.5. The van der Waals surface area contributed by atoms with Crippen LogP contribution in [0.15, 0.2) is 18.3 Å². The molecule has 31 heavy (non-hydrogen) atoms. The summed E-state index contributed by atoms with van der Waals surface area (Å²) in [5.74, 6) is 0.955. The van der Waals surface area contributed by atoms with Crippen LogP contribution in [0, 0.1) is 13.8 Å². The summed E-state index contributed by atoms with van der Waals surface area (Å²) in [7, 11) is 1.67. The molecule has 1 N–H and O–H groups in total. The number of fused-ring (bicyclic) bond motifs is 1. The Kier molecular flexibility index (Phi) is 6.56. The van der Waals surface area contributed by atoms with Gasteiger partial charge in [-0.15, -0.1) is 0 Å². The quantitative estimate of drug-likeness (QED) is 0.483. The van der Waals surface area contributed by atoms with Crippen LogP contribution in [0.25, 0.3) is 22.4 Å². The van der Waals surface area contributed by atoms with E-state index in [1.165, 1.54) is 25.7 Å². The maximum atomic E-state index is 5.61. The van der Waals surface area contributed by atoms with Gasteiger partial charge in [0.05, 0.1) is 24.1 Å². The first kappa shape index (κ1) is 21.8. The smallest absolute Gasteiger partial charge is 0.222 e. The molecule has 3 aromatic heterocycles. The first-order valence-electron chi connectivity index (χ1n) is 11.6. The van der Waals surface area contributed by atoms with E-state index in [1.54, 1.807) is 7.11 Å². The van der Waals surface area contributed by atoms with Crippen LogP contribution >= 0.6 is 0 Å².